The van der Waals surface area contributed by atoms with Crippen molar-refractivity contribution in [1.29, 1.82) is 0 Å². The number of benzene rings is 2. The van der Waals surface area contributed by atoms with E-state index in [4.69, 9.17) is 16.1 Å². The normalized spacial score (nSPS) is 13.7. The van der Waals surface area contributed by atoms with Crippen molar-refractivity contribution in [1.82, 2.24) is 10.1 Å². The number of carbonyl (C=O) groups is 1. The average molecular weight is 358 g/mol. The van der Waals surface area contributed by atoms with Gasteiger partial charge in [0.2, 0.25) is 11.7 Å². The van der Waals surface area contributed by atoms with Gasteiger partial charge in [-0.3, -0.25) is 4.79 Å². The van der Waals surface area contributed by atoms with Crippen molar-refractivity contribution in [3.8, 4) is 11.4 Å². The standard InChI is InChI=1S/C18H13ClFN3O2/c19-14-9-13(7-8-15(14)20)21-17(24)11-3-1-10(2-4-11)16-22-18(25-23-16)12-5-6-12/h1-4,7-9,12H,5-6H2,(H,21,24). The highest BCUT2D eigenvalue weighted by atomic mass is 35.5. The van der Waals surface area contributed by atoms with Crippen LogP contribution in [0, 0.1) is 5.82 Å². The molecular formula is C18H13ClFN3O2. The van der Waals surface area contributed by atoms with Crippen LogP contribution in [0.5, 0.6) is 0 Å². The van der Waals surface area contributed by atoms with Gasteiger partial charge in [0.15, 0.2) is 0 Å². The molecule has 0 bridgehead atoms. The molecule has 0 radical (unpaired) electrons. The molecule has 5 nitrogen and oxygen atoms in total. The Morgan fingerprint density at radius 3 is 2.64 bits per heavy atom. The third-order valence-corrected chi connectivity index (χ3v) is 4.24. The predicted molar refractivity (Wildman–Crippen MR) is 91.1 cm³/mol. The van der Waals surface area contributed by atoms with E-state index >= 15 is 0 Å². The fourth-order valence-electron chi connectivity index (χ4n) is 2.40. The summed E-state index contributed by atoms with van der Waals surface area (Å²) in [5.74, 6) is 0.730. The molecule has 1 amide bonds. The summed E-state index contributed by atoms with van der Waals surface area (Å²) in [6.45, 7) is 0. The zero-order chi connectivity index (χ0) is 17.4. The van der Waals surface area contributed by atoms with Gasteiger partial charge >= 0.3 is 0 Å². The number of nitrogens with one attached hydrogen (secondary N) is 1. The molecule has 126 valence electrons. The van der Waals surface area contributed by atoms with Crippen LogP contribution in [0.1, 0.15) is 35.0 Å². The van der Waals surface area contributed by atoms with Crippen LogP contribution in [0.4, 0.5) is 10.1 Å². The molecule has 7 heteroatoms. The van der Waals surface area contributed by atoms with Gasteiger partial charge in [0, 0.05) is 22.7 Å². The third-order valence-electron chi connectivity index (χ3n) is 3.95. The number of anilines is 1. The van der Waals surface area contributed by atoms with E-state index in [-0.39, 0.29) is 10.9 Å². The Kier molecular flexibility index (Phi) is 3.97. The molecule has 1 heterocycles. The molecule has 0 aliphatic heterocycles. The van der Waals surface area contributed by atoms with Crippen LogP contribution in [-0.2, 0) is 0 Å². The fourth-order valence-corrected chi connectivity index (χ4v) is 2.58. The Bertz CT molecular complexity index is 936. The summed E-state index contributed by atoms with van der Waals surface area (Å²) in [6, 6.07) is 10.9. The lowest BCUT2D eigenvalue weighted by Gasteiger charge is -2.06. The van der Waals surface area contributed by atoms with Crippen LogP contribution in [-0.4, -0.2) is 16.0 Å². The average Bonchev–Trinajstić information content (AvgIpc) is 3.35. The second kappa shape index (κ2) is 6.29. The van der Waals surface area contributed by atoms with Crippen LogP contribution >= 0.6 is 11.6 Å². The molecule has 1 saturated carbocycles. The lowest BCUT2D eigenvalue weighted by molar-refractivity contribution is 0.102. The Balaban J connectivity index is 1.48. The van der Waals surface area contributed by atoms with Gasteiger partial charge in [-0.25, -0.2) is 4.39 Å². The molecule has 1 aromatic heterocycles. The number of aromatic nitrogens is 2. The lowest BCUT2D eigenvalue weighted by atomic mass is 10.1. The van der Waals surface area contributed by atoms with Crippen molar-refractivity contribution in [2.24, 2.45) is 0 Å². The molecule has 25 heavy (non-hydrogen) atoms. The molecule has 0 unspecified atom stereocenters. The highest BCUT2D eigenvalue weighted by Gasteiger charge is 2.29. The molecule has 2 aromatic carbocycles. The first kappa shape index (κ1) is 15.8. The highest BCUT2D eigenvalue weighted by molar-refractivity contribution is 6.31. The van der Waals surface area contributed by atoms with Crippen molar-refractivity contribution in [3.63, 3.8) is 0 Å². The van der Waals surface area contributed by atoms with E-state index in [9.17, 15) is 9.18 Å². The van der Waals surface area contributed by atoms with Crippen LogP contribution < -0.4 is 5.32 Å². The summed E-state index contributed by atoms with van der Waals surface area (Å²) in [6.07, 6.45) is 2.18. The minimum absolute atomic E-state index is 0.0447. The molecular weight excluding hydrogens is 345 g/mol. The van der Waals surface area contributed by atoms with E-state index < -0.39 is 5.82 Å². The van der Waals surface area contributed by atoms with Crippen molar-refractivity contribution in [3.05, 3.63) is 64.8 Å². The Hall–Kier alpha value is -2.73. The molecule has 1 aliphatic carbocycles. The van der Waals surface area contributed by atoms with Gasteiger partial charge in [0.25, 0.3) is 5.91 Å². The summed E-state index contributed by atoms with van der Waals surface area (Å²) < 4.78 is 18.4. The van der Waals surface area contributed by atoms with Gasteiger partial charge in [0.1, 0.15) is 5.82 Å². The van der Waals surface area contributed by atoms with E-state index in [1.807, 2.05) is 0 Å². The van der Waals surface area contributed by atoms with Crippen LogP contribution in [0.2, 0.25) is 5.02 Å². The summed E-state index contributed by atoms with van der Waals surface area (Å²) in [5.41, 5.74) is 1.65. The number of carbonyl (C=O) groups excluding carboxylic acids is 1. The van der Waals surface area contributed by atoms with Crippen LogP contribution in [0.3, 0.4) is 0 Å². The van der Waals surface area contributed by atoms with Crippen molar-refractivity contribution in [2.45, 2.75) is 18.8 Å². The van der Waals surface area contributed by atoms with Gasteiger partial charge in [-0.2, -0.15) is 4.98 Å². The van der Waals surface area contributed by atoms with E-state index in [0.29, 0.717) is 28.9 Å². The highest BCUT2D eigenvalue weighted by Crippen LogP contribution is 2.39. The fraction of sp³-hybridized carbons (Fsp3) is 0.167. The third kappa shape index (κ3) is 3.39. The van der Waals surface area contributed by atoms with Crippen LogP contribution in [0.15, 0.2) is 47.0 Å². The lowest BCUT2D eigenvalue weighted by Crippen LogP contribution is -2.11. The topological polar surface area (TPSA) is 68.0 Å². The smallest absolute Gasteiger partial charge is 0.255 e. The number of hydrogen-bond donors (Lipinski definition) is 1. The maximum Gasteiger partial charge on any atom is 0.255 e. The van der Waals surface area contributed by atoms with Gasteiger partial charge in [0.05, 0.1) is 5.02 Å². The van der Waals surface area contributed by atoms with Gasteiger partial charge < -0.3 is 9.84 Å². The Morgan fingerprint density at radius 1 is 1.20 bits per heavy atom. The quantitative estimate of drug-likeness (QED) is 0.737. The number of nitrogens with zero attached hydrogens (tertiary/aromatic N) is 2. The van der Waals surface area contributed by atoms with Gasteiger partial charge in [-0.05, 0) is 43.2 Å². The molecule has 4 rings (SSSR count). The number of amides is 1. The van der Waals surface area contributed by atoms with Crippen molar-refractivity contribution >= 4 is 23.2 Å². The predicted octanol–water partition coefficient (Wildman–Crippen LogP) is 4.66. The van der Waals surface area contributed by atoms with E-state index in [0.717, 1.165) is 18.4 Å². The minimum atomic E-state index is -0.533. The van der Waals surface area contributed by atoms with E-state index in [1.54, 1.807) is 24.3 Å². The number of halogens is 2. The zero-order valence-electron chi connectivity index (χ0n) is 13.0. The zero-order valence-corrected chi connectivity index (χ0v) is 13.8. The Morgan fingerprint density at radius 2 is 1.96 bits per heavy atom. The maximum atomic E-state index is 13.2. The molecule has 1 N–H and O–H groups in total. The van der Waals surface area contributed by atoms with Crippen molar-refractivity contribution < 1.29 is 13.7 Å². The first-order valence-electron chi connectivity index (χ1n) is 7.80. The van der Waals surface area contributed by atoms with E-state index in [1.165, 1.54) is 18.2 Å². The van der Waals surface area contributed by atoms with Gasteiger partial charge in [-0.1, -0.05) is 28.9 Å². The molecule has 1 fully saturated rings. The van der Waals surface area contributed by atoms with Gasteiger partial charge in [-0.15, -0.1) is 0 Å². The second-order valence-corrected chi connectivity index (χ2v) is 6.30. The first-order valence-corrected chi connectivity index (χ1v) is 8.18. The molecule has 0 spiro atoms. The largest absolute Gasteiger partial charge is 0.339 e. The van der Waals surface area contributed by atoms with Crippen LogP contribution in [0.25, 0.3) is 11.4 Å². The molecule has 1 aliphatic rings. The monoisotopic (exact) mass is 357 g/mol. The summed E-state index contributed by atoms with van der Waals surface area (Å²) >= 11 is 5.71. The summed E-state index contributed by atoms with van der Waals surface area (Å²) in [7, 11) is 0. The first-order chi connectivity index (χ1) is 12.1. The summed E-state index contributed by atoms with van der Waals surface area (Å²) in [4.78, 5) is 16.6. The number of rotatable bonds is 4. The van der Waals surface area contributed by atoms with E-state index in [2.05, 4.69) is 15.5 Å². The van der Waals surface area contributed by atoms with Crippen molar-refractivity contribution in [2.75, 3.05) is 5.32 Å². The maximum absolute atomic E-state index is 13.2. The molecule has 3 aromatic rings. The second-order valence-electron chi connectivity index (χ2n) is 5.89. The molecule has 0 atom stereocenters. The molecule has 0 saturated heterocycles. The minimum Gasteiger partial charge on any atom is -0.339 e. The SMILES string of the molecule is O=C(Nc1ccc(F)c(Cl)c1)c1ccc(-c2noc(C3CC3)n2)cc1. The Labute approximate surface area is 147 Å². The number of hydrogen-bond acceptors (Lipinski definition) is 4. The summed E-state index contributed by atoms with van der Waals surface area (Å²) in [5, 5.41) is 6.60.